The third-order valence-electron chi connectivity index (χ3n) is 6.18. The highest BCUT2D eigenvalue weighted by molar-refractivity contribution is 6.31. The van der Waals surface area contributed by atoms with Crippen LogP contribution in [0.15, 0.2) is 53.9 Å². The summed E-state index contributed by atoms with van der Waals surface area (Å²) in [6, 6.07) is 12.4. The number of nitrogens with zero attached hydrogens (tertiary/aromatic N) is 1. The molecule has 0 spiro atoms. The van der Waals surface area contributed by atoms with E-state index in [9.17, 15) is 14.4 Å². The summed E-state index contributed by atoms with van der Waals surface area (Å²) in [6.45, 7) is 8.28. The first-order valence-corrected chi connectivity index (χ1v) is 12.8. The molecule has 0 saturated heterocycles. The van der Waals surface area contributed by atoms with Crippen molar-refractivity contribution in [2.45, 2.75) is 40.2 Å². The maximum atomic E-state index is 13.1. The molecule has 2 aromatic rings. The summed E-state index contributed by atoms with van der Waals surface area (Å²) in [5, 5.41) is 11.8. The monoisotopic (exact) mass is 541 g/mol. The van der Waals surface area contributed by atoms with Crippen LogP contribution < -0.4 is 30.9 Å². The summed E-state index contributed by atoms with van der Waals surface area (Å²) in [5.74, 6) is -0.637. The van der Waals surface area contributed by atoms with Crippen LogP contribution in [-0.2, 0) is 9.59 Å². The van der Waals surface area contributed by atoms with Gasteiger partial charge < -0.3 is 30.9 Å². The minimum Gasteiger partial charge on any atom is -0.486 e. The molecule has 1 unspecified atom stereocenters. The van der Waals surface area contributed by atoms with Gasteiger partial charge in [-0.2, -0.15) is 0 Å². The number of fused-ring (bicyclic) bond motifs is 1. The molecule has 0 bridgehead atoms. The summed E-state index contributed by atoms with van der Waals surface area (Å²) in [5.41, 5.74) is 1.75. The number of amides is 3. The Bertz CT molecular complexity index is 1230. The van der Waals surface area contributed by atoms with Gasteiger partial charge in [0.2, 0.25) is 5.91 Å². The lowest BCUT2D eigenvalue weighted by Crippen LogP contribution is -2.40. The number of hydrogen-bond acceptors (Lipinski definition) is 6. The van der Waals surface area contributed by atoms with E-state index in [1.54, 1.807) is 38.2 Å². The standard InChI is InChI=1S/C28H36ClN5O4/c1-17-15-34(6)22-13-19(29)12-21(25(22)38-17)26(36)31-16-28(3,4)14-23(35)33-24(18(2)30-5)27(37)32-20-10-8-7-9-11-20/h7-13,17,30H,14-16H2,1-6H3,(H,31,36)(H,32,37)(H,33,35)/b24-18+. The van der Waals surface area contributed by atoms with Crippen LogP contribution in [0.25, 0.3) is 0 Å². The molecular formula is C28H36ClN5O4. The number of ether oxygens (including phenoxy) is 1. The zero-order valence-electron chi connectivity index (χ0n) is 22.7. The Morgan fingerprint density at radius 2 is 1.84 bits per heavy atom. The Morgan fingerprint density at radius 1 is 1.16 bits per heavy atom. The fourth-order valence-corrected chi connectivity index (χ4v) is 4.35. The molecular weight excluding hydrogens is 506 g/mol. The lowest BCUT2D eigenvalue weighted by Gasteiger charge is -2.33. The fraction of sp³-hybridized carbons (Fsp3) is 0.393. The van der Waals surface area contributed by atoms with E-state index in [4.69, 9.17) is 16.3 Å². The van der Waals surface area contributed by atoms with Crippen molar-refractivity contribution in [3.05, 3.63) is 64.4 Å². The highest BCUT2D eigenvalue weighted by Gasteiger charge is 2.29. The van der Waals surface area contributed by atoms with E-state index in [0.717, 1.165) is 5.69 Å². The Balaban J connectivity index is 1.65. The predicted molar refractivity (Wildman–Crippen MR) is 151 cm³/mol. The van der Waals surface area contributed by atoms with Crippen LogP contribution in [0, 0.1) is 5.41 Å². The van der Waals surface area contributed by atoms with E-state index < -0.39 is 11.3 Å². The highest BCUT2D eigenvalue weighted by Crippen LogP contribution is 2.38. The SMILES string of the molecule is CN/C(C)=C(/NC(=O)CC(C)(C)CNC(=O)c1cc(Cl)cc2c1OC(C)CN2C)C(=O)Nc1ccccc1. The first-order valence-electron chi connectivity index (χ1n) is 12.4. The Labute approximate surface area is 228 Å². The molecule has 2 aromatic carbocycles. The van der Waals surface area contributed by atoms with Gasteiger partial charge in [-0.05, 0) is 43.5 Å². The molecule has 10 heteroatoms. The summed E-state index contributed by atoms with van der Waals surface area (Å²) in [7, 11) is 3.60. The zero-order chi connectivity index (χ0) is 28.0. The second kappa shape index (κ2) is 12.2. The summed E-state index contributed by atoms with van der Waals surface area (Å²) in [6.07, 6.45) is -0.0150. The number of rotatable bonds is 9. The number of para-hydroxylation sites is 1. The maximum Gasteiger partial charge on any atom is 0.273 e. The number of likely N-dealkylation sites (N-methyl/N-ethyl adjacent to an activating group) is 1. The van der Waals surface area contributed by atoms with Gasteiger partial charge >= 0.3 is 0 Å². The zero-order valence-corrected chi connectivity index (χ0v) is 23.5. The van der Waals surface area contributed by atoms with Crippen molar-refractivity contribution in [3.63, 3.8) is 0 Å². The molecule has 204 valence electrons. The molecule has 3 amide bonds. The number of hydrogen-bond donors (Lipinski definition) is 4. The van der Waals surface area contributed by atoms with Crippen molar-refractivity contribution in [1.29, 1.82) is 0 Å². The number of halogens is 1. The van der Waals surface area contributed by atoms with Crippen molar-refractivity contribution >= 4 is 40.7 Å². The number of carbonyl (C=O) groups is 3. The molecule has 1 heterocycles. The van der Waals surface area contributed by atoms with Gasteiger partial charge in [0.05, 0.1) is 17.8 Å². The van der Waals surface area contributed by atoms with Gasteiger partial charge in [0.1, 0.15) is 11.8 Å². The van der Waals surface area contributed by atoms with Crippen LogP contribution in [0.2, 0.25) is 5.02 Å². The van der Waals surface area contributed by atoms with Gasteiger partial charge in [0.15, 0.2) is 5.75 Å². The molecule has 0 saturated carbocycles. The maximum absolute atomic E-state index is 13.1. The Kier molecular flexibility index (Phi) is 9.27. The van der Waals surface area contributed by atoms with Crippen LogP contribution >= 0.6 is 11.6 Å². The molecule has 1 aliphatic heterocycles. The van der Waals surface area contributed by atoms with E-state index >= 15 is 0 Å². The van der Waals surface area contributed by atoms with Gasteiger partial charge in [0.25, 0.3) is 11.8 Å². The average Bonchev–Trinajstić information content (AvgIpc) is 2.85. The third-order valence-corrected chi connectivity index (χ3v) is 6.40. The van der Waals surface area contributed by atoms with Crippen molar-refractivity contribution in [1.82, 2.24) is 16.0 Å². The van der Waals surface area contributed by atoms with E-state index in [2.05, 4.69) is 21.3 Å². The molecule has 0 aliphatic carbocycles. The van der Waals surface area contributed by atoms with Gasteiger partial charge in [-0.3, -0.25) is 14.4 Å². The quantitative estimate of drug-likeness (QED) is 0.358. The fourth-order valence-electron chi connectivity index (χ4n) is 4.13. The number of anilines is 2. The number of nitrogens with one attached hydrogen (secondary N) is 4. The largest absolute Gasteiger partial charge is 0.486 e. The highest BCUT2D eigenvalue weighted by atomic mass is 35.5. The molecule has 1 atom stereocenters. The molecule has 0 fully saturated rings. The van der Waals surface area contributed by atoms with Crippen LogP contribution in [0.1, 0.15) is 44.5 Å². The molecule has 4 N–H and O–H groups in total. The lowest BCUT2D eigenvalue weighted by molar-refractivity contribution is -0.124. The van der Waals surface area contributed by atoms with Crippen LogP contribution in [0.3, 0.4) is 0 Å². The second-order valence-electron chi connectivity index (χ2n) is 10.3. The molecule has 0 aromatic heterocycles. The van der Waals surface area contributed by atoms with Crippen molar-refractivity contribution < 1.29 is 19.1 Å². The van der Waals surface area contributed by atoms with Gasteiger partial charge in [0, 0.05) is 43.5 Å². The molecule has 1 aliphatic rings. The Morgan fingerprint density at radius 3 is 2.50 bits per heavy atom. The molecule has 9 nitrogen and oxygen atoms in total. The van der Waals surface area contributed by atoms with Gasteiger partial charge in [-0.15, -0.1) is 0 Å². The minimum atomic E-state index is -0.613. The smallest absolute Gasteiger partial charge is 0.273 e. The van der Waals surface area contributed by atoms with E-state index in [1.165, 1.54) is 0 Å². The third kappa shape index (κ3) is 7.41. The molecule has 3 rings (SSSR count). The van der Waals surface area contributed by atoms with Crippen LogP contribution in [0.5, 0.6) is 5.75 Å². The summed E-state index contributed by atoms with van der Waals surface area (Å²) in [4.78, 5) is 41.0. The second-order valence-corrected chi connectivity index (χ2v) is 10.7. The number of carbonyl (C=O) groups excluding carboxylic acids is 3. The van der Waals surface area contributed by atoms with E-state index in [1.807, 2.05) is 50.9 Å². The first-order chi connectivity index (χ1) is 17.9. The summed E-state index contributed by atoms with van der Waals surface area (Å²) < 4.78 is 5.97. The summed E-state index contributed by atoms with van der Waals surface area (Å²) >= 11 is 6.29. The van der Waals surface area contributed by atoms with E-state index in [0.29, 0.717) is 34.3 Å². The Hall–Kier alpha value is -3.72. The molecule has 38 heavy (non-hydrogen) atoms. The van der Waals surface area contributed by atoms with Crippen molar-refractivity contribution in [2.24, 2.45) is 5.41 Å². The van der Waals surface area contributed by atoms with Crippen LogP contribution in [0.4, 0.5) is 11.4 Å². The average molecular weight is 542 g/mol. The number of allylic oxidation sites excluding steroid dienone is 1. The predicted octanol–water partition coefficient (Wildman–Crippen LogP) is 3.91. The van der Waals surface area contributed by atoms with Gasteiger partial charge in [-0.1, -0.05) is 43.6 Å². The van der Waals surface area contributed by atoms with Crippen LogP contribution in [-0.4, -0.2) is 51.0 Å². The minimum absolute atomic E-state index is 0.0658. The topological polar surface area (TPSA) is 112 Å². The number of benzene rings is 2. The molecule has 0 radical (unpaired) electrons. The lowest BCUT2D eigenvalue weighted by atomic mass is 9.88. The normalized spacial score (nSPS) is 15.4. The van der Waals surface area contributed by atoms with Gasteiger partial charge in [-0.25, -0.2) is 0 Å². The van der Waals surface area contributed by atoms with Crippen molar-refractivity contribution in [3.8, 4) is 5.75 Å². The van der Waals surface area contributed by atoms with E-state index in [-0.39, 0.29) is 36.6 Å². The first kappa shape index (κ1) is 28.8. The van der Waals surface area contributed by atoms with Crippen molar-refractivity contribution in [2.75, 3.05) is 37.4 Å².